The van der Waals surface area contributed by atoms with Crippen molar-refractivity contribution >= 4 is 66.1 Å². The topological polar surface area (TPSA) is 48.5 Å². The first-order chi connectivity index (χ1) is 36.5. The number of fused-ring (bicyclic) bond motifs is 9. The van der Waals surface area contributed by atoms with Crippen LogP contribution in [0.5, 0.6) is 0 Å². The van der Waals surface area contributed by atoms with Crippen molar-refractivity contribution in [2.75, 3.05) is 0 Å². The highest BCUT2D eigenvalue weighted by molar-refractivity contribution is 7.99. The highest BCUT2D eigenvalue weighted by Crippen LogP contribution is 2.51. The summed E-state index contributed by atoms with van der Waals surface area (Å²) in [7, 11) is 0. The normalized spacial score (nSPS) is 15.6. The van der Waals surface area contributed by atoms with Gasteiger partial charge in [-0.15, -0.1) is 0 Å². The quantitative estimate of drug-likeness (QED) is 0.174. The zero-order valence-electron chi connectivity index (χ0n) is 46.5. The number of hydrogen-bond donors (Lipinski definition) is 0. The van der Waals surface area contributed by atoms with Gasteiger partial charge in [-0.3, -0.25) is 4.57 Å². The molecule has 13 rings (SSSR count). The summed E-state index contributed by atoms with van der Waals surface area (Å²) < 4.78 is 133. The summed E-state index contributed by atoms with van der Waals surface area (Å²) in [5.41, 5.74) is 5.36. The molecule has 12 aromatic rings. The Morgan fingerprint density at radius 2 is 0.984 bits per heavy atom. The van der Waals surface area contributed by atoms with E-state index in [4.69, 9.17) is 30.5 Å². The number of nitrogens with zero attached hydrogens (tertiary/aromatic N) is 5. The molecule has 1 aliphatic heterocycles. The van der Waals surface area contributed by atoms with E-state index in [1.165, 1.54) is 0 Å². The Morgan fingerprint density at radius 3 is 1.72 bits per heavy atom. The molecule has 4 heterocycles. The maximum Gasteiger partial charge on any atom is 0.238 e. The van der Waals surface area contributed by atoms with Gasteiger partial charge >= 0.3 is 0 Å². The smallest absolute Gasteiger partial charge is 0.238 e. The Labute approximate surface area is 376 Å². The standard InChI is InChI=1S/C55H33N5S/c1-4-15-34(16-5-1)53-56-54(35-17-6-2-7-18-35)58-55(57-53)60-47-30-28-37(36-27-29-46-43(31-36)39-21-10-12-25-45(39)59(46)38-19-8-3-9-20-38)32-44(47)51-42-24-14-23-41-40-22-11-13-26-49(40)61-50(52(41)42)33-48(51)60/h1-33H/i1D,2D,3D,4D,5D,6D,7D,8D,9D,15D,16D,17D,18D,19D,20D. The van der Waals surface area contributed by atoms with Gasteiger partial charge in [-0.1, -0.05) is 157 Å². The van der Waals surface area contributed by atoms with Crippen LogP contribution in [-0.4, -0.2) is 24.1 Å². The lowest BCUT2D eigenvalue weighted by molar-refractivity contribution is 0.953. The molecule has 0 saturated heterocycles. The first-order valence-corrected chi connectivity index (χ1v) is 20.1. The molecule has 0 radical (unpaired) electrons. The fraction of sp³-hybridized carbons (Fsp3) is 0. The van der Waals surface area contributed by atoms with Gasteiger partial charge < -0.3 is 4.57 Å². The molecule has 0 spiro atoms. The average molecular weight is 811 g/mol. The Balaban J connectivity index is 1.12. The molecule has 0 aliphatic carbocycles. The van der Waals surface area contributed by atoms with Crippen LogP contribution in [0, 0.1) is 0 Å². The van der Waals surface area contributed by atoms with Gasteiger partial charge in [0, 0.05) is 53.5 Å². The van der Waals surface area contributed by atoms with Crippen LogP contribution in [0.2, 0.25) is 0 Å². The largest absolute Gasteiger partial charge is 0.309 e. The molecule has 6 heteroatoms. The molecule has 9 aromatic carbocycles. The third-order valence-electron chi connectivity index (χ3n) is 11.2. The van der Waals surface area contributed by atoms with Crippen LogP contribution in [0.1, 0.15) is 20.6 Å². The van der Waals surface area contributed by atoms with Crippen molar-refractivity contribution in [2.45, 2.75) is 9.79 Å². The SMILES string of the molecule is [2H]c1c([2H])c([2H])c(-c2nc(-c3c([2H])c([2H])c([2H])c([2H])c3[2H])nc(-n3c4ccc(-c5ccc6c(c5)c5ccccc5n6-c5c([2H])c([2H])c([2H])c([2H])c5[2H])cc4c4c5cccc6c5c(cc43)Sc3ccccc3-6)n2)c([2H])c1[2H]. The van der Waals surface area contributed by atoms with E-state index in [1.807, 2.05) is 91.0 Å². The monoisotopic (exact) mass is 810 g/mol. The van der Waals surface area contributed by atoms with E-state index in [-0.39, 0.29) is 46.5 Å². The highest BCUT2D eigenvalue weighted by atomic mass is 32.2. The second-order valence-electron chi connectivity index (χ2n) is 14.5. The van der Waals surface area contributed by atoms with Gasteiger partial charge in [-0.25, -0.2) is 4.98 Å². The van der Waals surface area contributed by atoms with Crippen LogP contribution in [0.25, 0.3) is 111 Å². The molecule has 5 nitrogen and oxygen atoms in total. The fourth-order valence-electron chi connectivity index (χ4n) is 8.71. The molecule has 3 aromatic heterocycles. The summed E-state index contributed by atoms with van der Waals surface area (Å²) in [6.07, 6.45) is 0. The van der Waals surface area contributed by atoms with Gasteiger partial charge in [0.25, 0.3) is 0 Å². The Bertz CT molecular complexity index is 4470. The fourth-order valence-corrected chi connectivity index (χ4v) is 9.87. The van der Waals surface area contributed by atoms with Crippen molar-refractivity contribution in [3.8, 4) is 56.7 Å². The van der Waals surface area contributed by atoms with Crippen LogP contribution < -0.4 is 0 Å². The maximum absolute atomic E-state index is 8.97. The molecule has 284 valence electrons. The van der Waals surface area contributed by atoms with Crippen molar-refractivity contribution in [3.05, 3.63) is 200 Å². The van der Waals surface area contributed by atoms with E-state index < -0.39 is 78.6 Å². The molecule has 0 N–H and O–H groups in total. The molecule has 1 aliphatic rings. The van der Waals surface area contributed by atoms with Gasteiger partial charge in [-0.05, 0) is 82.2 Å². The van der Waals surface area contributed by atoms with Gasteiger partial charge in [0.1, 0.15) is 0 Å². The number of para-hydroxylation sites is 2. The van der Waals surface area contributed by atoms with Crippen LogP contribution in [0.15, 0.2) is 210 Å². The van der Waals surface area contributed by atoms with Crippen molar-refractivity contribution < 1.29 is 20.6 Å². The minimum atomic E-state index is -0.651. The molecule has 0 amide bonds. The van der Waals surface area contributed by atoms with Crippen LogP contribution in [0.3, 0.4) is 0 Å². The number of aromatic nitrogens is 5. The van der Waals surface area contributed by atoms with Gasteiger partial charge in [0.15, 0.2) is 11.6 Å². The minimum absolute atomic E-state index is 0.0292. The second kappa shape index (κ2) is 13.4. The zero-order valence-corrected chi connectivity index (χ0v) is 32.4. The minimum Gasteiger partial charge on any atom is -0.309 e. The van der Waals surface area contributed by atoms with Gasteiger partial charge in [-0.2, -0.15) is 9.97 Å². The first kappa shape index (κ1) is 22.5. The van der Waals surface area contributed by atoms with Gasteiger partial charge in [0.05, 0.1) is 42.6 Å². The lowest BCUT2D eigenvalue weighted by Gasteiger charge is -2.21. The second-order valence-corrected chi connectivity index (χ2v) is 15.6. The lowest BCUT2D eigenvalue weighted by atomic mass is 9.94. The van der Waals surface area contributed by atoms with E-state index in [2.05, 4.69) is 23.2 Å². The molecule has 0 unspecified atom stereocenters. The maximum atomic E-state index is 8.97. The number of benzene rings is 9. The van der Waals surface area contributed by atoms with E-state index in [0.29, 0.717) is 22.1 Å². The van der Waals surface area contributed by atoms with Gasteiger partial charge in [0.2, 0.25) is 5.95 Å². The summed E-state index contributed by atoms with van der Waals surface area (Å²) in [6.45, 7) is 0. The van der Waals surface area contributed by atoms with Crippen molar-refractivity contribution in [2.24, 2.45) is 0 Å². The average Bonchev–Trinajstić information content (AvgIpc) is 4.12. The number of hydrogen-bond acceptors (Lipinski definition) is 4. The molecular weight excluding hydrogens is 763 g/mol. The predicted molar refractivity (Wildman–Crippen MR) is 252 cm³/mol. The van der Waals surface area contributed by atoms with Crippen LogP contribution in [0.4, 0.5) is 0 Å². The summed E-state index contributed by atoms with van der Waals surface area (Å²) in [4.78, 5) is 16.3. The molecule has 0 atom stereocenters. The van der Waals surface area contributed by atoms with E-state index in [0.717, 1.165) is 64.4 Å². The summed E-state index contributed by atoms with van der Waals surface area (Å²) in [6, 6.07) is 27.0. The molecule has 61 heavy (non-hydrogen) atoms. The first-order valence-electron chi connectivity index (χ1n) is 26.8. The predicted octanol–water partition coefficient (Wildman–Crippen LogP) is 14.4. The highest BCUT2D eigenvalue weighted by Gasteiger charge is 2.26. The lowest BCUT2D eigenvalue weighted by Crippen LogP contribution is -2.06. The van der Waals surface area contributed by atoms with Crippen molar-refractivity contribution in [1.82, 2.24) is 24.1 Å². The Kier molecular flexibility index (Phi) is 4.94. The Morgan fingerprint density at radius 1 is 0.393 bits per heavy atom. The summed E-state index contributed by atoms with van der Waals surface area (Å²) in [5, 5.41) is 4.96. The summed E-state index contributed by atoms with van der Waals surface area (Å²) in [5.74, 6) is -0.907. The Hall–Kier alpha value is -7.80. The van der Waals surface area contributed by atoms with E-state index in [1.54, 1.807) is 20.9 Å². The van der Waals surface area contributed by atoms with E-state index >= 15 is 0 Å². The van der Waals surface area contributed by atoms with Crippen LogP contribution in [-0.2, 0) is 0 Å². The molecule has 0 saturated carbocycles. The van der Waals surface area contributed by atoms with Crippen molar-refractivity contribution in [3.63, 3.8) is 0 Å². The number of rotatable bonds is 5. The summed E-state index contributed by atoms with van der Waals surface area (Å²) >= 11 is 1.59. The third kappa shape index (κ3) is 5.26. The zero-order chi connectivity index (χ0) is 53.1. The van der Waals surface area contributed by atoms with E-state index in [9.17, 15) is 0 Å². The molecule has 0 fully saturated rings. The molecular formula is C55H33N5S. The molecule has 0 bridgehead atoms. The third-order valence-corrected chi connectivity index (χ3v) is 12.4. The van der Waals surface area contributed by atoms with Crippen molar-refractivity contribution in [1.29, 1.82) is 0 Å². The van der Waals surface area contributed by atoms with Crippen LogP contribution >= 0.6 is 11.8 Å².